The zero-order valence-corrected chi connectivity index (χ0v) is 8.86. The Bertz CT molecular complexity index is 286. The second-order valence-electron chi connectivity index (χ2n) is 2.88. The van der Waals surface area contributed by atoms with Gasteiger partial charge in [0.2, 0.25) is 0 Å². The molecule has 2 N–H and O–H groups in total. The van der Waals surface area contributed by atoms with Crippen molar-refractivity contribution in [2.45, 2.75) is 18.8 Å². The Kier molecular flexibility index (Phi) is 2.96. The first kappa shape index (κ1) is 9.81. The first-order valence-corrected chi connectivity index (χ1v) is 4.48. The van der Waals surface area contributed by atoms with Gasteiger partial charge in [-0.05, 0) is 46.3 Å². The largest absolute Gasteiger partial charge is 0.383 e. The molecule has 1 aromatic rings. The third-order valence-electron chi connectivity index (χ3n) is 1.94. The zero-order chi connectivity index (χ0) is 7.84. The Morgan fingerprint density at radius 2 is 2.08 bits per heavy atom. The average molecular weight is 250 g/mol. The second-order valence-corrected chi connectivity index (χ2v) is 3.70. The third-order valence-corrected chi connectivity index (χ3v) is 2.38. The van der Waals surface area contributed by atoms with Crippen LogP contribution in [0.3, 0.4) is 0 Å². The molecule has 0 aromatic carbocycles. The standard InChI is InChI=1S/C8H9BrN2.ClH/c9-7-4-3-6(5-1-2-5)8(10)11-7;/h3-5H,1-2H2,(H2,10,11);1H. The highest BCUT2D eigenvalue weighted by Gasteiger charge is 2.25. The Hall–Kier alpha value is -0.280. The molecular weight excluding hydrogens is 239 g/mol. The van der Waals surface area contributed by atoms with E-state index in [0.717, 1.165) is 4.60 Å². The number of nitrogen functional groups attached to an aromatic ring is 1. The summed E-state index contributed by atoms with van der Waals surface area (Å²) in [6.45, 7) is 0. The summed E-state index contributed by atoms with van der Waals surface area (Å²) in [5.74, 6) is 1.37. The molecule has 0 bridgehead atoms. The molecule has 0 spiro atoms. The molecular formula is C8H10BrClN2. The summed E-state index contributed by atoms with van der Waals surface area (Å²) in [5, 5.41) is 0. The van der Waals surface area contributed by atoms with E-state index in [1.165, 1.54) is 18.4 Å². The predicted octanol–water partition coefficient (Wildman–Crippen LogP) is 2.73. The molecule has 1 aliphatic carbocycles. The van der Waals surface area contributed by atoms with E-state index in [1.54, 1.807) is 0 Å². The number of anilines is 1. The molecule has 0 atom stereocenters. The first-order valence-electron chi connectivity index (χ1n) is 3.69. The van der Waals surface area contributed by atoms with E-state index in [1.807, 2.05) is 6.07 Å². The van der Waals surface area contributed by atoms with E-state index in [2.05, 4.69) is 27.0 Å². The van der Waals surface area contributed by atoms with Gasteiger partial charge in [0, 0.05) is 0 Å². The lowest BCUT2D eigenvalue weighted by molar-refractivity contribution is 1.09. The van der Waals surface area contributed by atoms with Crippen molar-refractivity contribution >= 4 is 34.2 Å². The van der Waals surface area contributed by atoms with Crippen molar-refractivity contribution in [1.29, 1.82) is 0 Å². The maximum absolute atomic E-state index is 5.72. The average Bonchev–Trinajstić information content (AvgIpc) is 2.70. The van der Waals surface area contributed by atoms with Crippen molar-refractivity contribution in [3.8, 4) is 0 Å². The molecule has 0 saturated heterocycles. The van der Waals surface area contributed by atoms with Crippen molar-refractivity contribution in [2.75, 3.05) is 5.73 Å². The summed E-state index contributed by atoms with van der Waals surface area (Å²) in [7, 11) is 0. The van der Waals surface area contributed by atoms with Gasteiger partial charge in [0.25, 0.3) is 0 Å². The molecule has 0 radical (unpaired) electrons. The molecule has 0 aliphatic heterocycles. The van der Waals surface area contributed by atoms with Crippen LogP contribution in [0.15, 0.2) is 16.7 Å². The lowest BCUT2D eigenvalue weighted by Gasteiger charge is -2.01. The summed E-state index contributed by atoms with van der Waals surface area (Å²) in [6, 6.07) is 4.01. The van der Waals surface area contributed by atoms with Crippen LogP contribution < -0.4 is 5.73 Å². The topological polar surface area (TPSA) is 38.9 Å². The number of halogens is 2. The Balaban J connectivity index is 0.000000720. The van der Waals surface area contributed by atoms with Crippen molar-refractivity contribution in [3.05, 3.63) is 22.3 Å². The van der Waals surface area contributed by atoms with Crippen molar-refractivity contribution in [1.82, 2.24) is 4.98 Å². The smallest absolute Gasteiger partial charge is 0.128 e. The fraction of sp³-hybridized carbons (Fsp3) is 0.375. The van der Waals surface area contributed by atoms with Gasteiger partial charge in [0.05, 0.1) is 0 Å². The van der Waals surface area contributed by atoms with Gasteiger partial charge in [-0.15, -0.1) is 12.4 Å². The van der Waals surface area contributed by atoms with Crippen molar-refractivity contribution in [2.24, 2.45) is 0 Å². The monoisotopic (exact) mass is 248 g/mol. The van der Waals surface area contributed by atoms with Gasteiger partial charge in [0.1, 0.15) is 10.4 Å². The highest BCUT2D eigenvalue weighted by molar-refractivity contribution is 9.10. The molecule has 4 heteroatoms. The number of hydrogen-bond acceptors (Lipinski definition) is 2. The molecule has 1 aliphatic rings. The van der Waals surface area contributed by atoms with E-state index in [9.17, 15) is 0 Å². The molecule has 1 fully saturated rings. The maximum atomic E-state index is 5.72. The van der Waals surface area contributed by atoms with Crippen LogP contribution in [-0.4, -0.2) is 4.98 Å². The third kappa shape index (κ3) is 1.90. The summed E-state index contributed by atoms with van der Waals surface area (Å²) >= 11 is 3.27. The van der Waals surface area contributed by atoms with Gasteiger partial charge in [-0.25, -0.2) is 4.98 Å². The van der Waals surface area contributed by atoms with Crippen LogP contribution in [0.5, 0.6) is 0 Å². The lowest BCUT2D eigenvalue weighted by atomic mass is 10.2. The van der Waals surface area contributed by atoms with Gasteiger partial charge in [-0.3, -0.25) is 0 Å². The SMILES string of the molecule is Cl.Nc1nc(Br)ccc1C1CC1. The van der Waals surface area contributed by atoms with Crippen molar-refractivity contribution in [3.63, 3.8) is 0 Å². The van der Waals surface area contributed by atoms with Gasteiger partial charge in [-0.1, -0.05) is 6.07 Å². The minimum absolute atomic E-state index is 0. The number of nitrogens with zero attached hydrogens (tertiary/aromatic N) is 1. The number of pyridine rings is 1. The fourth-order valence-corrected chi connectivity index (χ4v) is 1.52. The van der Waals surface area contributed by atoms with Gasteiger partial charge in [0.15, 0.2) is 0 Å². The van der Waals surface area contributed by atoms with Gasteiger partial charge < -0.3 is 5.73 Å². The molecule has 12 heavy (non-hydrogen) atoms. The minimum atomic E-state index is 0. The van der Waals surface area contributed by atoms with Crippen LogP contribution in [0.25, 0.3) is 0 Å². The molecule has 0 unspecified atom stereocenters. The molecule has 1 aromatic heterocycles. The van der Waals surface area contributed by atoms with Crippen molar-refractivity contribution < 1.29 is 0 Å². The second kappa shape index (κ2) is 3.62. The van der Waals surface area contributed by atoms with E-state index >= 15 is 0 Å². The molecule has 2 rings (SSSR count). The van der Waals surface area contributed by atoms with E-state index in [-0.39, 0.29) is 12.4 Å². The van der Waals surface area contributed by atoms with Crippen LogP contribution in [0.2, 0.25) is 0 Å². The summed E-state index contributed by atoms with van der Waals surface area (Å²) in [6.07, 6.45) is 2.54. The highest BCUT2D eigenvalue weighted by atomic mass is 79.9. The van der Waals surface area contributed by atoms with Crippen LogP contribution >= 0.6 is 28.3 Å². The van der Waals surface area contributed by atoms with E-state index in [0.29, 0.717) is 11.7 Å². The van der Waals surface area contributed by atoms with Crippen LogP contribution in [-0.2, 0) is 0 Å². The minimum Gasteiger partial charge on any atom is -0.383 e. The molecule has 2 nitrogen and oxygen atoms in total. The Morgan fingerprint density at radius 1 is 1.42 bits per heavy atom. The van der Waals surface area contributed by atoms with Crippen LogP contribution in [0.1, 0.15) is 24.3 Å². The number of aromatic nitrogens is 1. The fourth-order valence-electron chi connectivity index (χ4n) is 1.20. The van der Waals surface area contributed by atoms with Gasteiger partial charge in [-0.2, -0.15) is 0 Å². The maximum Gasteiger partial charge on any atom is 0.128 e. The molecule has 0 amide bonds. The Labute approximate surface area is 86.1 Å². The van der Waals surface area contributed by atoms with Crippen LogP contribution in [0.4, 0.5) is 5.82 Å². The Morgan fingerprint density at radius 3 is 2.58 bits per heavy atom. The lowest BCUT2D eigenvalue weighted by Crippen LogP contribution is -1.95. The first-order chi connectivity index (χ1) is 5.27. The summed E-state index contributed by atoms with van der Waals surface area (Å²) in [5.41, 5.74) is 6.94. The number of hydrogen-bond donors (Lipinski definition) is 1. The summed E-state index contributed by atoms with van der Waals surface area (Å²) in [4.78, 5) is 4.13. The molecule has 66 valence electrons. The molecule has 1 saturated carbocycles. The number of rotatable bonds is 1. The quantitative estimate of drug-likeness (QED) is 0.777. The van der Waals surface area contributed by atoms with Crippen LogP contribution in [0, 0.1) is 0 Å². The normalized spacial score (nSPS) is 15.4. The zero-order valence-electron chi connectivity index (χ0n) is 6.46. The van der Waals surface area contributed by atoms with Gasteiger partial charge >= 0.3 is 0 Å². The highest BCUT2D eigenvalue weighted by Crippen LogP contribution is 2.42. The summed E-state index contributed by atoms with van der Waals surface area (Å²) < 4.78 is 0.819. The molecule has 1 heterocycles. The van der Waals surface area contributed by atoms with E-state index < -0.39 is 0 Å². The van der Waals surface area contributed by atoms with E-state index in [4.69, 9.17) is 5.73 Å². The number of nitrogens with two attached hydrogens (primary N) is 1. The predicted molar refractivity (Wildman–Crippen MR) is 55.6 cm³/mol.